The molecule has 6 heteroatoms. The summed E-state index contributed by atoms with van der Waals surface area (Å²) in [4.78, 5) is 38.6. The van der Waals surface area contributed by atoms with E-state index < -0.39 is 11.4 Å². The molecule has 2 aliphatic heterocycles. The minimum absolute atomic E-state index is 0.0223. The highest BCUT2D eigenvalue weighted by Gasteiger charge is 2.54. The van der Waals surface area contributed by atoms with E-state index in [-0.39, 0.29) is 37.0 Å². The molecule has 2 heterocycles. The van der Waals surface area contributed by atoms with Crippen molar-refractivity contribution in [3.63, 3.8) is 0 Å². The molecule has 2 atom stereocenters. The summed E-state index contributed by atoms with van der Waals surface area (Å²) in [5, 5.41) is 9.69. The quantitative estimate of drug-likeness (QED) is 0.801. The summed E-state index contributed by atoms with van der Waals surface area (Å²) < 4.78 is 5.42. The van der Waals surface area contributed by atoms with E-state index in [0.717, 1.165) is 19.3 Å². The van der Waals surface area contributed by atoms with E-state index >= 15 is 0 Å². The van der Waals surface area contributed by atoms with Gasteiger partial charge in [0.2, 0.25) is 5.91 Å². The number of hydrogen-bond acceptors (Lipinski definition) is 4. The van der Waals surface area contributed by atoms with E-state index in [0.29, 0.717) is 31.7 Å². The number of carboxylic acids is 1. The summed E-state index contributed by atoms with van der Waals surface area (Å²) in [6.07, 6.45) is 3.95. The van der Waals surface area contributed by atoms with Crippen LogP contribution >= 0.6 is 0 Å². The van der Waals surface area contributed by atoms with Crippen LogP contribution in [0.3, 0.4) is 0 Å². The molecule has 1 aromatic carbocycles. The maximum Gasteiger partial charge on any atom is 0.311 e. The SMILES string of the molecule is O=C(CCC(=O)N1C[C@H]2COCC[C@@]2(C(=O)O)C1)c1ccc2c(c1)CCC2. The zero-order valence-corrected chi connectivity index (χ0v) is 15.4. The maximum absolute atomic E-state index is 12.6. The van der Waals surface area contributed by atoms with Crippen molar-refractivity contribution in [2.75, 3.05) is 26.3 Å². The van der Waals surface area contributed by atoms with Gasteiger partial charge >= 0.3 is 5.97 Å². The number of aliphatic carboxylic acids is 1. The summed E-state index contributed by atoms with van der Waals surface area (Å²) in [5.41, 5.74) is 2.36. The predicted molar refractivity (Wildman–Crippen MR) is 97.6 cm³/mol. The smallest absolute Gasteiger partial charge is 0.311 e. The fourth-order valence-electron chi connectivity index (χ4n) is 4.76. The molecule has 4 rings (SSSR count). The predicted octanol–water partition coefficient (Wildman–Crippen LogP) is 2.09. The van der Waals surface area contributed by atoms with Gasteiger partial charge in [-0.25, -0.2) is 0 Å². The second-order valence-electron chi connectivity index (χ2n) is 8.02. The van der Waals surface area contributed by atoms with Crippen LogP contribution in [0.2, 0.25) is 0 Å². The number of carbonyl (C=O) groups is 3. The van der Waals surface area contributed by atoms with Crippen molar-refractivity contribution < 1.29 is 24.2 Å². The van der Waals surface area contributed by atoms with Crippen molar-refractivity contribution in [1.29, 1.82) is 0 Å². The Hall–Kier alpha value is -2.21. The van der Waals surface area contributed by atoms with Crippen molar-refractivity contribution in [1.82, 2.24) is 4.90 Å². The Morgan fingerprint density at radius 3 is 2.78 bits per heavy atom. The van der Waals surface area contributed by atoms with Crippen molar-refractivity contribution in [3.8, 4) is 0 Å². The lowest BCUT2D eigenvalue weighted by atomic mass is 9.74. The van der Waals surface area contributed by atoms with Gasteiger partial charge < -0.3 is 14.7 Å². The molecule has 0 saturated carbocycles. The lowest BCUT2D eigenvalue weighted by Gasteiger charge is -2.33. The largest absolute Gasteiger partial charge is 0.481 e. The second-order valence-corrected chi connectivity index (χ2v) is 8.02. The second kappa shape index (κ2) is 7.08. The molecule has 3 aliphatic rings. The van der Waals surface area contributed by atoms with Gasteiger partial charge in [-0.1, -0.05) is 12.1 Å². The van der Waals surface area contributed by atoms with Crippen LogP contribution in [0.15, 0.2) is 18.2 Å². The topological polar surface area (TPSA) is 83.9 Å². The van der Waals surface area contributed by atoms with E-state index in [1.165, 1.54) is 11.1 Å². The molecule has 27 heavy (non-hydrogen) atoms. The summed E-state index contributed by atoms with van der Waals surface area (Å²) in [5.74, 6) is -1.18. The third kappa shape index (κ3) is 3.27. The summed E-state index contributed by atoms with van der Waals surface area (Å²) >= 11 is 0. The molecule has 1 amide bonds. The molecular weight excluding hydrogens is 346 g/mol. The van der Waals surface area contributed by atoms with Crippen LogP contribution in [-0.2, 0) is 27.2 Å². The van der Waals surface area contributed by atoms with E-state index in [2.05, 4.69) is 0 Å². The number of benzene rings is 1. The number of ketones is 1. The molecule has 0 radical (unpaired) electrons. The summed E-state index contributed by atoms with van der Waals surface area (Å²) in [6.45, 7) is 1.42. The lowest BCUT2D eigenvalue weighted by molar-refractivity contribution is -0.157. The highest BCUT2D eigenvalue weighted by atomic mass is 16.5. The first-order valence-corrected chi connectivity index (χ1v) is 9.73. The van der Waals surface area contributed by atoms with Crippen molar-refractivity contribution in [3.05, 3.63) is 34.9 Å². The number of hydrogen-bond donors (Lipinski definition) is 1. The number of amides is 1. The van der Waals surface area contributed by atoms with Crippen LogP contribution in [0, 0.1) is 11.3 Å². The molecule has 2 fully saturated rings. The molecule has 2 saturated heterocycles. The Labute approximate surface area is 158 Å². The Kier molecular flexibility index (Phi) is 4.76. The Bertz CT molecular complexity index is 789. The van der Waals surface area contributed by atoms with Crippen LogP contribution in [0.4, 0.5) is 0 Å². The van der Waals surface area contributed by atoms with Crippen LogP contribution in [-0.4, -0.2) is 54.0 Å². The highest BCUT2D eigenvalue weighted by molar-refractivity contribution is 5.98. The van der Waals surface area contributed by atoms with Gasteiger partial charge in [-0.3, -0.25) is 14.4 Å². The minimum Gasteiger partial charge on any atom is -0.481 e. The van der Waals surface area contributed by atoms with Gasteiger partial charge in [-0.05, 0) is 42.9 Å². The van der Waals surface area contributed by atoms with E-state index in [9.17, 15) is 19.5 Å². The fourth-order valence-corrected chi connectivity index (χ4v) is 4.76. The number of rotatable bonds is 5. The van der Waals surface area contributed by atoms with E-state index in [4.69, 9.17) is 4.74 Å². The first-order valence-electron chi connectivity index (χ1n) is 9.73. The first kappa shape index (κ1) is 18.2. The molecule has 0 spiro atoms. The standard InChI is InChI=1S/C21H25NO5/c23-18(16-5-4-14-2-1-3-15(14)10-16)6-7-19(24)22-11-17-12-27-9-8-21(17,13-22)20(25)26/h4-5,10,17H,1-3,6-9,11-13H2,(H,25,26)/t17-,21+/m0/s1. The molecule has 0 bridgehead atoms. The molecule has 1 aromatic rings. The van der Waals surface area contributed by atoms with Crippen molar-refractivity contribution in [2.45, 2.75) is 38.5 Å². The van der Waals surface area contributed by atoms with E-state index in [1.54, 1.807) is 4.90 Å². The van der Waals surface area contributed by atoms with Crippen molar-refractivity contribution >= 4 is 17.7 Å². The van der Waals surface area contributed by atoms with Crippen LogP contribution in [0.1, 0.15) is 47.2 Å². The Balaban J connectivity index is 1.37. The Morgan fingerprint density at radius 1 is 1.19 bits per heavy atom. The molecule has 6 nitrogen and oxygen atoms in total. The number of carbonyl (C=O) groups excluding carboxylic acids is 2. The molecule has 0 unspecified atom stereocenters. The molecular formula is C21H25NO5. The number of carboxylic acid groups (broad SMARTS) is 1. The molecule has 144 valence electrons. The van der Waals surface area contributed by atoms with Crippen LogP contribution in [0.25, 0.3) is 0 Å². The summed E-state index contributed by atoms with van der Waals surface area (Å²) in [6, 6.07) is 5.85. The van der Waals surface area contributed by atoms with Gasteiger partial charge in [-0.2, -0.15) is 0 Å². The number of aryl methyl sites for hydroxylation is 2. The average Bonchev–Trinajstić information content (AvgIpc) is 3.29. The van der Waals surface area contributed by atoms with Gasteiger partial charge in [0.15, 0.2) is 5.78 Å². The number of likely N-dealkylation sites (tertiary alicyclic amines) is 1. The van der Waals surface area contributed by atoms with Crippen LogP contribution in [0.5, 0.6) is 0 Å². The Morgan fingerprint density at radius 2 is 2.00 bits per heavy atom. The van der Waals surface area contributed by atoms with Gasteiger partial charge in [0.25, 0.3) is 0 Å². The van der Waals surface area contributed by atoms with Gasteiger partial charge in [0.05, 0.1) is 12.0 Å². The number of ether oxygens (including phenoxy) is 1. The van der Waals surface area contributed by atoms with Gasteiger partial charge in [0, 0.05) is 44.0 Å². The number of fused-ring (bicyclic) bond motifs is 2. The normalized spacial score (nSPS) is 26.5. The monoisotopic (exact) mass is 371 g/mol. The molecule has 1 aliphatic carbocycles. The van der Waals surface area contributed by atoms with Gasteiger partial charge in [-0.15, -0.1) is 0 Å². The minimum atomic E-state index is -0.891. The molecule has 0 aromatic heterocycles. The number of nitrogens with zero attached hydrogens (tertiary/aromatic N) is 1. The van der Waals surface area contributed by atoms with Gasteiger partial charge in [0.1, 0.15) is 0 Å². The zero-order chi connectivity index (χ0) is 19.0. The maximum atomic E-state index is 12.6. The third-order valence-electron chi connectivity index (χ3n) is 6.47. The zero-order valence-electron chi connectivity index (χ0n) is 15.4. The summed E-state index contributed by atoms with van der Waals surface area (Å²) in [7, 11) is 0. The third-order valence-corrected chi connectivity index (χ3v) is 6.47. The van der Waals surface area contributed by atoms with E-state index in [1.807, 2.05) is 18.2 Å². The highest BCUT2D eigenvalue weighted by Crippen LogP contribution is 2.42. The van der Waals surface area contributed by atoms with Crippen molar-refractivity contribution in [2.24, 2.45) is 11.3 Å². The van der Waals surface area contributed by atoms with Crippen LogP contribution < -0.4 is 0 Å². The average molecular weight is 371 g/mol. The number of Topliss-reactive ketones (excluding diaryl/α,β-unsaturated/α-hetero) is 1. The lowest BCUT2D eigenvalue weighted by Crippen LogP contribution is -2.45. The first-order chi connectivity index (χ1) is 13.0. The molecule has 1 N–H and O–H groups in total. The fraction of sp³-hybridized carbons (Fsp3) is 0.571.